The van der Waals surface area contributed by atoms with Crippen LogP contribution in [0.5, 0.6) is 0 Å². The zero-order valence-electron chi connectivity index (χ0n) is 15.6. The number of rotatable bonds is 3. The van der Waals surface area contributed by atoms with Crippen LogP contribution in [-0.2, 0) is 4.79 Å². The summed E-state index contributed by atoms with van der Waals surface area (Å²) < 4.78 is 6.03. The van der Waals surface area contributed by atoms with Crippen molar-refractivity contribution in [2.45, 2.75) is 13.0 Å². The van der Waals surface area contributed by atoms with Crippen molar-refractivity contribution in [2.24, 2.45) is 4.99 Å². The third-order valence-corrected chi connectivity index (χ3v) is 5.71. The highest BCUT2D eigenvalue weighted by atomic mass is 32.2. The Kier molecular flexibility index (Phi) is 4.41. The number of thioether (sulfide) groups is 1. The molecule has 2 aromatic carbocycles. The molecular formula is C23H17N3O2S. The van der Waals surface area contributed by atoms with E-state index in [-0.39, 0.29) is 11.9 Å². The summed E-state index contributed by atoms with van der Waals surface area (Å²) in [5.74, 6) is 0.450. The van der Waals surface area contributed by atoms with Crippen LogP contribution in [0.3, 0.4) is 0 Å². The van der Waals surface area contributed by atoms with E-state index >= 15 is 0 Å². The number of amides is 1. The SMILES string of the molecule is CC(N=C1NC(=O)/C(=C/c2cc3cnc4ccccc4c3o2)S1)c1ccccc1. The summed E-state index contributed by atoms with van der Waals surface area (Å²) in [5.41, 5.74) is 2.76. The first-order valence-electron chi connectivity index (χ1n) is 9.28. The first kappa shape index (κ1) is 17.7. The van der Waals surface area contributed by atoms with Gasteiger partial charge in [0.15, 0.2) is 5.17 Å². The summed E-state index contributed by atoms with van der Waals surface area (Å²) in [7, 11) is 0. The van der Waals surface area contributed by atoms with Gasteiger partial charge in [-0.1, -0.05) is 42.5 Å². The monoisotopic (exact) mass is 399 g/mol. The number of nitrogens with zero attached hydrogens (tertiary/aromatic N) is 2. The topological polar surface area (TPSA) is 67.5 Å². The van der Waals surface area contributed by atoms with E-state index < -0.39 is 0 Å². The number of hydrogen-bond acceptors (Lipinski definition) is 5. The minimum absolute atomic E-state index is 0.0398. The summed E-state index contributed by atoms with van der Waals surface area (Å²) in [6.07, 6.45) is 3.55. The van der Waals surface area contributed by atoms with Crippen molar-refractivity contribution >= 4 is 50.8 Å². The van der Waals surface area contributed by atoms with Crippen LogP contribution in [0.2, 0.25) is 0 Å². The lowest BCUT2D eigenvalue weighted by atomic mass is 10.1. The number of aromatic nitrogens is 1. The van der Waals surface area contributed by atoms with Gasteiger partial charge in [0, 0.05) is 23.0 Å². The maximum absolute atomic E-state index is 12.4. The van der Waals surface area contributed by atoms with Crippen LogP contribution < -0.4 is 5.32 Å². The molecule has 0 saturated carbocycles. The molecule has 1 amide bonds. The van der Waals surface area contributed by atoms with Gasteiger partial charge in [0.25, 0.3) is 5.91 Å². The number of carbonyl (C=O) groups is 1. The van der Waals surface area contributed by atoms with Crippen molar-refractivity contribution in [3.8, 4) is 0 Å². The molecule has 1 saturated heterocycles. The van der Waals surface area contributed by atoms with Gasteiger partial charge in [0.2, 0.25) is 0 Å². The van der Waals surface area contributed by atoms with Crippen LogP contribution in [0, 0.1) is 0 Å². The molecule has 1 atom stereocenters. The first-order valence-corrected chi connectivity index (χ1v) is 10.1. The second-order valence-electron chi connectivity index (χ2n) is 6.79. The van der Waals surface area contributed by atoms with Crippen LogP contribution in [0.25, 0.3) is 27.9 Å². The van der Waals surface area contributed by atoms with Gasteiger partial charge >= 0.3 is 0 Å². The Bertz CT molecular complexity index is 1290. The average Bonchev–Trinajstić information content (AvgIpc) is 3.31. The molecule has 5 nitrogen and oxygen atoms in total. The summed E-state index contributed by atoms with van der Waals surface area (Å²) in [4.78, 5) is 22.1. The van der Waals surface area contributed by atoms with Crippen molar-refractivity contribution < 1.29 is 9.21 Å². The van der Waals surface area contributed by atoms with Crippen LogP contribution in [-0.4, -0.2) is 16.1 Å². The molecular weight excluding hydrogens is 382 g/mol. The molecule has 3 heterocycles. The van der Waals surface area contributed by atoms with Crippen LogP contribution >= 0.6 is 11.8 Å². The van der Waals surface area contributed by atoms with E-state index in [1.165, 1.54) is 11.8 Å². The predicted octanol–water partition coefficient (Wildman–Crippen LogP) is 5.30. The Balaban J connectivity index is 1.44. The zero-order chi connectivity index (χ0) is 19.8. The van der Waals surface area contributed by atoms with Gasteiger partial charge in [-0.15, -0.1) is 0 Å². The first-order chi connectivity index (χ1) is 14.2. The number of benzene rings is 2. The second-order valence-corrected chi connectivity index (χ2v) is 7.82. The minimum atomic E-state index is -0.169. The van der Waals surface area contributed by atoms with Gasteiger partial charge in [0.1, 0.15) is 11.3 Å². The van der Waals surface area contributed by atoms with Crippen molar-refractivity contribution in [1.82, 2.24) is 10.3 Å². The number of para-hydroxylation sites is 1. The fourth-order valence-electron chi connectivity index (χ4n) is 3.32. The lowest BCUT2D eigenvalue weighted by Gasteiger charge is -2.06. The fourth-order valence-corrected chi connectivity index (χ4v) is 4.20. The van der Waals surface area contributed by atoms with Gasteiger partial charge in [-0.25, -0.2) is 0 Å². The Morgan fingerprint density at radius 1 is 1.14 bits per heavy atom. The second kappa shape index (κ2) is 7.22. The average molecular weight is 399 g/mol. The molecule has 1 N–H and O–H groups in total. The van der Waals surface area contributed by atoms with Gasteiger partial charge in [-0.2, -0.15) is 0 Å². The molecule has 2 aromatic heterocycles. The number of nitrogens with one attached hydrogen (secondary N) is 1. The summed E-state index contributed by atoms with van der Waals surface area (Å²) in [6.45, 7) is 2.01. The summed E-state index contributed by atoms with van der Waals surface area (Å²) >= 11 is 1.32. The third-order valence-electron chi connectivity index (χ3n) is 4.79. The molecule has 5 rings (SSSR count). The van der Waals surface area contributed by atoms with E-state index in [4.69, 9.17) is 4.42 Å². The van der Waals surface area contributed by atoms with E-state index in [0.717, 1.165) is 27.4 Å². The van der Waals surface area contributed by atoms with Crippen molar-refractivity contribution in [3.05, 3.63) is 83.1 Å². The lowest BCUT2D eigenvalue weighted by Crippen LogP contribution is -2.20. The van der Waals surface area contributed by atoms with Crippen molar-refractivity contribution in [1.29, 1.82) is 0 Å². The van der Waals surface area contributed by atoms with Crippen LogP contribution in [0.15, 0.2) is 81.2 Å². The number of furan rings is 1. The lowest BCUT2D eigenvalue weighted by molar-refractivity contribution is -0.115. The zero-order valence-corrected chi connectivity index (χ0v) is 16.4. The van der Waals surface area contributed by atoms with E-state index in [1.807, 2.05) is 67.6 Å². The van der Waals surface area contributed by atoms with E-state index in [1.54, 1.807) is 12.3 Å². The normalized spacial score (nSPS) is 18.0. The molecule has 1 fully saturated rings. The minimum Gasteiger partial charge on any atom is -0.456 e. The number of aliphatic imine (C=N–C) groups is 1. The summed E-state index contributed by atoms with van der Waals surface area (Å²) in [5, 5.41) is 5.30. The molecule has 142 valence electrons. The smallest absolute Gasteiger partial charge is 0.264 e. The standard InChI is InChI=1S/C23H17N3O2S/c1-14(15-7-3-2-4-8-15)25-23-26-22(27)20(29-23)12-17-11-16-13-24-19-10-6-5-9-18(19)21(16)28-17/h2-14H,1H3,(H,25,26,27)/b20-12-. The number of carbonyl (C=O) groups excluding carboxylic acids is 1. The highest BCUT2D eigenvalue weighted by molar-refractivity contribution is 8.18. The Labute approximate surface area is 171 Å². The molecule has 0 bridgehead atoms. The largest absolute Gasteiger partial charge is 0.456 e. The molecule has 0 aliphatic carbocycles. The van der Waals surface area contributed by atoms with E-state index in [2.05, 4.69) is 15.3 Å². The van der Waals surface area contributed by atoms with Gasteiger partial charge < -0.3 is 9.73 Å². The van der Waals surface area contributed by atoms with Crippen LogP contribution in [0.1, 0.15) is 24.3 Å². The number of fused-ring (bicyclic) bond motifs is 3. The van der Waals surface area contributed by atoms with Gasteiger partial charge in [0.05, 0.1) is 16.5 Å². The van der Waals surface area contributed by atoms with Crippen molar-refractivity contribution in [2.75, 3.05) is 0 Å². The molecule has 4 aromatic rings. The number of pyridine rings is 1. The van der Waals surface area contributed by atoms with Gasteiger partial charge in [-0.05, 0) is 42.4 Å². The fraction of sp³-hybridized carbons (Fsp3) is 0.0870. The molecule has 1 aliphatic heterocycles. The quantitative estimate of drug-likeness (QED) is 0.475. The highest BCUT2D eigenvalue weighted by Crippen LogP contribution is 2.31. The molecule has 0 spiro atoms. The Morgan fingerprint density at radius 3 is 2.79 bits per heavy atom. The maximum atomic E-state index is 12.4. The van der Waals surface area contributed by atoms with Crippen LogP contribution in [0.4, 0.5) is 0 Å². The predicted molar refractivity (Wildman–Crippen MR) is 118 cm³/mol. The van der Waals surface area contributed by atoms with Gasteiger partial charge in [-0.3, -0.25) is 14.8 Å². The summed E-state index contributed by atoms with van der Waals surface area (Å²) in [6, 6.07) is 19.7. The Hall–Kier alpha value is -3.38. The molecule has 1 unspecified atom stereocenters. The number of amidine groups is 1. The molecule has 6 heteroatoms. The number of hydrogen-bond donors (Lipinski definition) is 1. The van der Waals surface area contributed by atoms with E-state index in [9.17, 15) is 4.79 Å². The molecule has 0 radical (unpaired) electrons. The maximum Gasteiger partial charge on any atom is 0.264 e. The molecule has 29 heavy (non-hydrogen) atoms. The Morgan fingerprint density at radius 2 is 1.93 bits per heavy atom. The third kappa shape index (κ3) is 3.43. The highest BCUT2D eigenvalue weighted by Gasteiger charge is 2.25. The van der Waals surface area contributed by atoms with Crippen molar-refractivity contribution in [3.63, 3.8) is 0 Å². The van der Waals surface area contributed by atoms with E-state index in [0.29, 0.717) is 15.8 Å². The molecule has 1 aliphatic rings.